The number of rotatable bonds is 11. The fraction of sp³-hybridized carbons (Fsp3) is 0.741. The van der Waals surface area contributed by atoms with Crippen molar-refractivity contribution in [1.29, 1.82) is 0 Å². The first-order valence-electron chi connectivity index (χ1n) is 13.4. The lowest BCUT2D eigenvalue weighted by Gasteiger charge is -2.46. The maximum atomic E-state index is 12.3. The van der Waals surface area contributed by atoms with Gasteiger partial charge in [-0.2, -0.15) is 0 Å². The van der Waals surface area contributed by atoms with Gasteiger partial charge in [-0.3, -0.25) is 9.69 Å². The Morgan fingerprint density at radius 1 is 0.946 bits per heavy atom. The molecule has 3 aliphatic rings. The van der Waals surface area contributed by atoms with Gasteiger partial charge in [-0.15, -0.1) is 49.6 Å². The smallest absolute Gasteiger partial charge is 0.219 e. The monoisotopic (exact) mass is 599 g/mol. The number of likely N-dealkylation sites (N-methyl/N-ethyl adjacent to an activating group) is 1. The Morgan fingerprint density at radius 3 is 2.35 bits per heavy atom. The molecule has 2 N–H and O–H groups in total. The lowest BCUT2D eigenvalue weighted by molar-refractivity contribution is -0.121. The number of piperidine rings is 2. The molecule has 1 aromatic rings. The summed E-state index contributed by atoms with van der Waals surface area (Å²) < 4.78 is 0. The maximum Gasteiger partial charge on any atom is 0.219 e. The highest BCUT2D eigenvalue weighted by atomic mass is 35.5. The zero-order valence-electron chi connectivity index (χ0n) is 22.3. The molecule has 10 heteroatoms. The van der Waals surface area contributed by atoms with E-state index in [-0.39, 0.29) is 55.5 Å². The normalized spacial score (nSPS) is 24.0. The number of nitrogens with one attached hydrogen (secondary N) is 2. The molecule has 1 aromatic carbocycles. The first-order chi connectivity index (χ1) is 16.2. The fourth-order valence-electron chi connectivity index (χ4n) is 6.01. The molecule has 0 aliphatic carbocycles. The van der Waals surface area contributed by atoms with Crippen LogP contribution in [0.5, 0.6) is 0 Å². The van der Waals surface area contributed by atoms with Gasteiger partial charge in [-0.1, -0.05) is 37.3 Å². The molecule has 2 bridgehead atoms. The number of carbonyl (C=O) groups excluding carboxylic acids is 1. The van der Waals surface area contributed by atoms with E-state index in [0.717, 1.165) is 63.8 Å². The molecule has 1 amide bonds. The van der Waals surface area contributed by atoms with Crippen molar-refractivity contribution in [2.45, 2.75) is 51.6 Å². The minimum absolute atomic E-state index is 0. The Hall–Kier alpha value is -0.310. The molecule has 0 aromatic heterocycles. The topological polar surface area (TPSA) is 50.9 Å². The van der Waals surface area contributed by atoms with Crippen LogP contribution < -0.4 is 10.6 Å². The van der Waals surface area contributed by atoms with Gasteiger partial charge in [0.1, 0.15) is 0 Å². The number of amides is 1. The minimum Gasteiger partial charge on any atom is -0.356 e. The third-order valence-electron chi connectivity index (χ3n) is 7.94. The highest BCUT2D eigenvalue weighted by molar-refractivity contribution is 5.86. The molecule has 0 saturated carbocycles. The second kappa shape index (κ2) is 19.7. The van der Waals surface area contributed by atoms with Crippen molar-refractivity contribution >= 4 is 55.5 Å². The van der Waals surface area contributed by atoms with Crippen molar-refractivity contribution in [1.82, 2.24) is 25.3 Å². The van der Waals surface area contributed by atoms with Crippen molar-refractivity contribution in [3.05, 3.63) is 35.9 Å². The maximum absolute atomic E-state index is 12.3. The van der Waals surface area contributed by atoms with Crippen LogP contribution in [0.3, 0.4) is 0 Å². The van der Waals surface area contributed by atoms with Gasteiger partial charge in [-0.25, -0.2) is 0 Å². The summed E-state index contributed by atoms with van der Waals surface area (Å²) in [5, 5.41) is 6.96. The second-order valence-electron chi connectivity index (χ2n) is 10.4. The van der Waals surface area contributed by atoms with Crippen LogP contribution in [0.15, 0.2) is 30.3 Å². The van der Waals surface area contributed by atoms with E-state index >= 15 is 0 Å². The zero-order valence-corrected chi connectivity index (χ0v) is 25.6. The lowest BCUT2D eigenvalue weighted by Crippen LogP contribution is -2.55. The predicted octanol–water partition coefficient (Wildman–Crippen LogP) is 4.10. The van der Waals surface area contributed by atoms with Crippen molar-refractivity contribution in [2.75, 3.05) is 65.4 Å². The van der Waals surface area contributed by atoms with Crippen LogP contribution in [0.25, 0.3) is 0 Å². The Labute approximate surface area is 249 Å². The highest BCUT2D eigenvalue weighted by Crippen LogP contribution is 2.31. The van der Waals surface area contributed by atoms with Crippen LogP contribution in [0.4, 0.5) is 0 Å². The summed E-state index contributed by atoms with van der Waals surface area (Å²) in [6.45, 7) is 14.6. The zero-order chi connectivity index (χ0) is 22.9. The van der Waals surface area contributed by atoms with Crippen LogP contribution >= 0.6 is 49.6 Å². The lowest BCUT2D eigenvalue weighted by atomic mass is 9.79. The number of hydrogen-bond acceptors (Lipinski definition) is 5. The Kier molecular flexibility index (Phi) is 19.5. The highest BCUT2D eigenvalue weighted by Gasteiger charge is 2.36. The summed E-state index contributed by atoms with van der Waals surface area (Å²) in [7, 11) is 0. The molecule has 4 rings (SSSR count). The third-order valence-corrected chi connectivity index (χ3v) is 7.94. The van der Waals surface area contributed by atoms with Gasteiger partial charge in [0.15, 0.2) is 0 Å². The Balaban J connectivity index is 0.00000324. The van der Waals surface area contributed by atoms with Crippen LogP contribution in [-0.4, -0.2) is 92.1 Å². The molecule has 0 spiro atoms. The van der Waals surface area contributed by atoms with Gasteiger partial charge >= 0.3 is 0 Å². The number of hydrogen-bond donors (Lipinski definition) is 2. The van der Waals surface area contributed by atoms with E-state index in [4.69, 9.17) is 0 Å². The molecule has 3 atom stereocenters. The molecule has 6 nitrogen and oxygen atoms in total. The quantitative estimate of drug-likeness (QED) is 0.375. The first-order valence-corrected chi connectivity index (χ1v) is 13.4. The third kappa shape index (κ3) is 12.2. The Morgan fingerprint density at radius 2 is 1.65 bits per heavy atom. The van der Waals surface area contributed by atoms with Gasteiger partial charge in [-0.05, 0) is 62.7 Å². The van der Waals surface area contributed by atoms with E-state index in [1.54, 1.807) is 0 Å². The molecule has 37 heavy (non-hydrogen) atoms. The SMILES string of the molecule is CCN1CCN(CCCNC(=O)CCC[C@H]2NC[C@@H]3C[C@H]2CN(Cc2ccccc2)C3)CC1.Cl.Cl.Cl.Cl. The van der Waals surface area contributed by atoms with Crippen LogP contribution in [0, 0.1) is 11.8 Å². The summed E-state index contributed by atoms with van der Waals surface area (Å²) in [5.74, 6) is 1.73. The summed E-state index contributed by atoms with van der Waals surface area (Å²) in [6, 6.07) is 11.4. The molecule has 3 aliphatic heterocycles. The predicted molar refractivity (Wildman–Crippen MR) is 164 cm³/mol. The van der Waals surface area contributed by atoms with Gasteiger partial charge in [0.25, 0.3) is 0 Å². The molecular weight excluding hydrogens is 552 g/mol. The van der Waals surface area contributed by atoms with E-state index in [0.29, 0.717) is 12.5 Å². The standard InChI is InChI=1S/C27H45N5O.4ClH/c1-2-30-14-16-31(17-15-30)13-7-12-28-27(33)11-6-10-26-25-18-24(19-29-26)21-32(22-25)20-23-8-4-3-5-9-23;;;;/h3-5,8-9,24-26,29H,2,6-7,10-22H2,1H3,(H,28,33);4*1H/t24-,25-,26+;;;;/m0..../s1. The molecule has 216 valence electrons. The number of halogens is 4. The van der Waals surface area contributed by atoms with Crippen LogP contribution in [-0.2, 0) is 11.3 Å². The van der Waals surface area contributed by atoms with Crippen molar-refractivity contribution in [2.24, 2.45) is 11.8 Å². The van der Waals surface area contributed by atoms with Crippen molar-refractivity contribution in [3.63, 3.8) is 0 Å². The molecule has 0 unspecified atom stereocenters. The van der Waals surface area contributed by atoms with Gasteiger partial charge in [0, 0.05) is 64.8 Å². The summed E-state index contributed by atoms with van der Waals surface area (Å²) in [5.41, 5.74) is 1.42. The average Bonchev–Trinajstić information content (AvgIpc) is 2.84. The van der Waals surface area contributed by atoms with Crippen molar-refractivity contribution < 1.29 is 4.79 Å². The van der Waals surface area contributed by atoms with E-state index in [9.17, 15) is 4.79 Å². The molecular formula is C27H49Cl4N5O. The summed E-state index contributed by atoms with van der Waals surface area (Å²) in [6.07, 6.45) is 5.18. The van der Waals surface area contributed by atoms with Gasteiger partial charge in [0.2, 0.25) is 5.91 Å². The van der Waals surface area contributed by atoms with Gasteiger partial charge in [0.05, 0.1) is 0 Å². The molecule has 3 saturated heterocycles. The molecule has 3 heterocycles. The largest absolute Gasteiger partial charge is 0.356 e. The van der Waals surface area contributed by atoms with E-state index in [1.807, 2.05) is 0 Å². The number of fused-ring (bicyclic) bond motifs is 2. The molecule has 0 radical (unpaired) electrons. The van der Waals surface area contributed by atoms with Crippen LogP contribution in [0.2, 0.25) is 0 Å². The minimum atomic E-state index is 0. The molecule has 3 fully saturated rings. The average molecular weight is 602 g/mol. The fourth-order valence-corrected chi connectivity index (χ4v) is 6.01. The van der Waals surface area contributed by atoms with E-state index in [2.05, 4.69) is 62.6 Å². The second-order valence-corrected chi connectivity index (χ2v) is 10.4. The number of nitrogens with zero attached hydrogens (tertiary/aromatic N) is 3. The number of benzene rings is 1. The first kappa shape index (κ1) is 36.7. The summed E-state index contributed by atoms with van der Waals surface area (Å²) >= 11 is 0. The summed E-state index contributed by atoms with van der Waals surface area (Å²) in [4.78, 5) is 20.0. The number of carbonyl (C=O) groups is 1. The van der Waals surface area contributed by atoms with E-state index < -0.39 is 0 Å². The van der Waals surface area contributed by atoms with E-state index in [1.165, 1.54) is 51.3 Å². The van der Waals surface area contributed by atoms with Gasteiger partial charge < -0.3 is 20.4 Å². The number of likely N-dealkylation sites (tertiary alicyclic amines) is 1. The van der Waals surface area contributed by atoms with Crippen molar-refractivity contribution in [3.8, 4) is 0 Å². The van der Waals surface area contributed by atoms with Crippen LogP contribution in [0.1, 0.15) is 44.6 Å². The Bertz CT molecular complexity index is 724. The number of piperazine rings is 1.